The first-order chi connectivity index (χ1) is 14.6. The molecular weight excluding hydrogens is 519 g/mol. The van der Waals surface area contributed by atoms with Crippen LogP contribution in [-0.4, -0.2) is 39.4 Å². The monoisotopic (exact) mass is 547 g/mol. The van der Waals surface area contributed by atoms with Gasteiger partial charge in [-0.2, -0.15) is 8.78 Å². The van der Waals surface area contributed by atoms with Crippen molar-refractivity contribution in [2.45, 2.75) is 32.9 Å². The number of guanidine groups is 1. The van der Waals surface area contributed by atoms with Crippen LogP contribution >= 0.6 is 24.0 Å². The lowest BCUT2D eigenvalue weighted by Gasteiger charge is -2.13. The van der Waals surface area contributed by atoms with Gasteiger partial charge in [0, 0.05) is 19.5 Å². The molecule has 1 heterocycles. The highest BCUT2D eigenvalue weighted by molar-refractivity contribution is 14.0. The minimum absolute atomic E-state index is 0. The Balaban J connectivity index is 0.00000341. The van der Waals surface area contributed by atoms with E-state index < -0.39 is 6.61 Å². The van der Waals surface area contributed by atoms with Crippen molar-refractivity contribution in [3.05, 3.63) is 53.1 Å². The van der Waals surface area contributed by atoms with Gasteiger partial charge in [-0.25, -0.2) is 4.99 Å². The number of nitrogens with zero attached hydrogens (tertiary/aromatic N) is 1. The van der Waals surface area contributed by atoms with Crippen LogP contribution in [0.25, 0.3) is 0 Å². The van der Waals surface area contributed by atoms with E-state index in [4.69, 9.17) is 9.47 Å². The number of hydrogen-bond acceptors (Lipinski definition) is 4. The molecule has 0 aromatic heterocycles. The molecule has 170 valence electrons. The number of rotatable bonds is 9. The maximum absolute atomic E-state index is 12.6. The van der Waals surface area contributed by atoms with Gasteiger partial charge in [-0.1, -0.05) is 18.2 Å². The molecule has 0 spiro atoms. The van der Waals surface area contributed by atoms with Gasteiger partial charge < -0.3 is 24.8 Å². The second-order valence-electron chi connectivity index (χ2n) is 6.78. The second kappa shape index (κ2) is 12.5. The number of nitrogens with one attached hydrogen (secondary N) is 2. The molecular formula is C22H28F2IN3O3. The molecule has 6 nitrogen and oxygen atoms in total. The number of ether oxygens (including phenoxy) is 3. The van der Waals surface area contributed by atoms with Gasteiger partial charge in [0.2, 0.25) is 0 Å². The predicted molar refractivity (Wildman–Crippen MR) is 127 cm³/mol. The summed E-state index contributed by atoms with van der Waals surface area (Å²) < 4.78 is 40.3. The van der Waals surface area contributed by atoms with E-state index >= 15 is 0 Å². The maximum Gasteiger partial charge on any atom is 0.387 e. The minimum atomic E-state index is -2.91. The first-order valence-electron chi connectivity index (χ1n) is 9.97. The van der Waals surface area contributed by atoms with Gasteiger partial charge in [0.05, 0.1) is 20.3 Å². The molecule has 1 aliphatic heterocycles. The molecule has 0 saturated carbocycles. The molecule has 0 saturated heterocycles. The third-order valence-electron chi connectivity index (χ3n) is 4.67. The van der Waals surface area contributed by atoms with Crippen LogP contribution in [0.3, 0.4) is 0 Å². The van der Waals surface area contributed by atoms with Crippen LogP contribution in [0.5, 0.6) is 17.2 Å². The lowest BCUT2D eigenvalue weighted by molar-refractivity contribution is -0.0512. The van der Waals surface area contributed by atoms with Crippen molar-refractivity contribution in [2.75, 3.05) is 26.8 Å². The summed E-state index contributed by atoms with van der Waals surface area (Å²) in [6.07, 6.45) is 1.81. The van der Waals surface area contributed by atoms with Gasteiger partial charge >= 0.3 is 6.61 Å². The second-order valence-corrected chi connectivity index (χ2v) is 6.78. The fourth-order valence-electron chi connectivity index (χ4n) is 3.24. The summed E-state index contributed by atoms with van der Waals surface area (Å²) in [5.41, 5.74) is 3.24. The van der Waals surface area contributed by atoms with Gasteiger partial charge in [-0.05, 0) is 48.2 Å². The van der Waals surface area contributed by atoms with Crippen molar-refractivity contribution in [2.24, 2.45) is 4.99 Å². The number of aliphatic imine (C=N–C) groups is 1. The van der Waals surface area contributed by atoms with E-state index in [-0.39, 0.29) is 35.5 Å². The van der Waals surface area contributed by atoms with E-state index in [2.05, 4.69) is 32.5 Å². The molecule has 1 aliphatic rings. The maximum atomic E-state index is 12.6. The van der Waals surface area contributed by atoms with Gasteiger partial charge in [0.15, 0.2) is 17.5 Å². The largest absolute Gasteiger partial charge is 0.493 e. The summed E-state index contributed by atoms with van der Waals surface area (Å²) in [5, 5.41) is 6.50. The molecule has 0 aliphatic carbocycles. The fourth-order valence-corrected chi connectivity index (χ4v) is 3.24. The zero-order chi connectivity index (χ0) is 21.3. The molecule has 0 amide bonds. The Bertz CT molecular complexity index is 881. The molecule has 0 unspecified atom stereocenters. The van der Waals surface area contributed by atoms with E-state index in [1.165, 1.54) is 24.3 Å². The number of benzene rings is 2. The average molecular weight is 547 g/mol. The molecule has 31 heavy (non-hydrogen) atoms. The number of halogens is 3. The molecule has 0 bridgehead atoms. The molecule has 0 fully saturated rings. The average Bonchev–Trinajstić information content (AvgIpc) is 3.19. The summed E-state index contributed by atoms with van der Waals surface area (Å²) in [7, 11) is 1.41. The number of methoxy groups -OCH3 is 1. The smallest absolute Gasteiger partial charge is 0.387 e. The third-order valence-corrected chi connectivity index (χ3v) is 4.67. The van der Waals surface area contributed by atoms with Gasteiger partial charge in [0.25, 0.3) is 0 Å². The van der Waals surface area contributed by atoms with Crippen molar-refractivity contribution in [1.82, 2.24) is 10.6 Å². The summed E-state index contributed by atoms with van der Waals surface area (Å²) in [6, 6.07) is 11.2. The van der Waals surface area contributed by atoms with Crippen molar-refractivity contribution in [3.8, 4) is 17.2 Å². The normalized spacial score (nSPS) is 12.6. The highest BCUT2D eigenvalue weighted by atomic mass is 127. The molecule has 0 atom stereocenters. The molecule has 2 N–H and O–H groups in total. The quantitative estimate of drug-likeness (QED) is 0.281. The highest BCUT2D eigenvalue weighted by Crippen LogP contribution is 2.29. The van der Waals surface area contributed by atoms with Crippen LogP contribution in [0.4, 0.5) is 8.78 Å². The number of fused-ring (bicyclic) bond motifs is 1. The van der Waals surface area contributed by atoms with Gasteiger partial charge in [0.1, 0.15) is 5.75 Å². The van der Waals surface area contributed by atoms with Crippen LogP contribution in [-0.2, 0) is 19.4 Å². The summed E-state index contributed by atoms with van der Waals surface area (Å²) in [6.45, 7) is 1.57. The van der Waals surface area contributed by atoms with Crippen LogP contribution < -0.4 is 24.8 Å². The zero-order valence-corrected chi connectivity index (χ0v) is 20.0. The number of alkyl halides is 2. The van der Waals surface area contributed by atoms with E-state index in [0.717, 1.165) is 30.8 Å². The van der Waals surface area contributed by atoms with Crippen LogP contribution in [0.1, 0.15) is 23.6 Å². The first kappa shape index (κ1) is 25.0. The Morgan fingerprint density at radius 1 is 1.13 bits per heavy atom. The van der Waals surface area contributed by atoms with Crippen LogP contribution in [0, 0.1) is 0 Å². The Hall–Kier alpha value is -2.30. The Kier molecular flexibility index (Phi) is 10.1. The first-order valence-corrected chi connectivity index (χ1v) is 9.97. The topological polar surface area (TPSA) is 64.1 Å². The minimum Gasteiger partial charge on any atom is -0.493 e. The Morgan fingerprint density at radius 3 is 2.68 bits per heavy atom. The SMILES string of the molecule is CCNC(=NCc1ccc(OC)c(OC(F)F)c1)NCCc1ccc2c(c1)CCO2.I. The standard InChI is InChI=1S/C22H27F2N3O3.HI/c1-3-25-22(26-10-8-15-4-6-18-17(12-15)9-11-29-18)27-14-16-5-7-19(28-2)20(13-16)30-21(23)24;/h4-7,12-13,21H,3,8-11,14H2,1-2H3,(H2,25,26,27);1H. The summed E-state index contributed by atoms with van der Waals surface area (Å²) >= 11 is 0. The zero-order valence-electron chi connectivity index (χ0n) is 17.6. The van der Waals surface area contributed by atoms with Gasteiger partial charge in [-0.3, -0.25) is 0 Å². The van der Waals surface area contributed by atoms with Crippen molar-refractivity contribution in [1.29, 1.82) is 0 Å². The van der Waals surface area contributed by atoms with E-state index in [1.54, 1.807) is 12.1 Å². The summed E-state index contributed by atoms with van der Waals surface area (Å²) in [5.74, 6) is 1.90. The molecule has 3 rings (SSSR count). The van der Waals surface area contributed by atoms with Crippen molar-refractivity contribution in [3.63, 3.8) is 0 Å². The van der Waals surface area contributed by atoms with E-state index in [0.29, 0.717) is 25.6 Å². The fraction of sp³-hybridized carbons (Fsp3) is 0.409. The van der Waals surface area contributed by atoms with Crippen LogP contribution in [0.15, 0.2) is 41.4 Å². The lowest BCUT2D eigenvalue weighted by Crippen LogP contribution is -2.38. The van der Waals surface area contributed by atoms with E-state index in [1.807, 2.05) is 13.0 Å². The molecule has 2 aromatic carbocycles. The lowest BCUT2D eigenvalue weighted by atomic mass is 10.1. The Labute approximate surface area is 198 Å². The third kappa shape index (κ3) is 7.41. The van der Waals surface area contributed by atoms with Crippen molar-refractivity contribution >= 4 is 29.9 Å². The summed E-state index contributed by atoms with van der Waals surface area (Å²) in [4.78, 5) is 4.54. The molecule has 9 heteroatoms. The van der Waals surface area contributed by atoms with E-state index in [9.17, 15) is 8.78 Å². The van der Waals surface area contributed by atoms with Crippen molar-refractivity contribution < 1.29 is 23.0 Å². The Morgan fingerprint density at radius 2 is 1.94 bits per heavy atom. The highest BCUT2D eigenvalue weighted by Gasteiger charge is 2.13. The van der Waals surface area contributed by atoms with Gasteiger partial charge in [-0.15, -0.1) is 24.0 Å². The van der Waals surface area contributed by atoms with Crippen LogP contribution in [0.2, 0.25) is 0 Å². The molecule has 2 aromatic rings. The molecule has 0 radical (unpaired) electrons. The number of hydrogen-bond donors (Lipinski definition) is 2. The predicted octanol–water partition coefficient (Wildman–Crippen LogP) is 4.15.